The first-order valence-corrected chi connectivity index (χ1v) is 6.78. The highest BCUT2D eigenvalue weighted by Crippen LogP contribution is 2.19. The Morgan fingerprint density at radius 3 is 2.79 bits per heavy atom. The predicted molar refractivity (Wildman–Crippen MR) is 71.4 cm³/mol. The van der Waals surface area contributed by atoms with Gasteiger partial charge in [-0.25, -0.2) is 0 Å². The lowest BCUT2D eigenvalue weighted by Gasteiger charge is -2.31. The van der Waals surface area contributed by atoms with Gasteiger partial charge >= 0.3 is 0 Å². The summed E-state index contributed by atoms with van der Waals surface area (Å²) in [6.07, 6.45) is 6.18. The number of carbonyl (C=O) groups is 2. The summed E-state index contributed by atoms with van der Waals surface area (Å²) in [7, 11) is 0. The molecule has 2 rings (SSSR count). The number of amides is 2. The molecular weight excluding hydrogens is 244 g/mol. The first kappa shape index (κ1) is 13.6. The third-order valence-electron chi connectivity index (χ3n) is 3.45. The van der Waals surface area contributed by atoms with Crippen LogP contribution in [0, 0.1) is 5.92 Å². The number of carbonyl (C=O) groups excluding carboxylic acids is 2. The van der Waals surface area contributed by atoms with Gasteiger partial charge in [0.1, 0.15) is 0 Å². The second kappa shape index (κ2) is 6.36. The van der Waals surface area contributed by atoms with Gasteiger partial charge in [0.2, 0.25) is 11.8 Å². The van der Waals surface area contributed by atoms with Crippen LogP contribution in [-0.4, -0.2) is 40.0 Å². The summed E-state index contributed by atoms with van der Waals surface area (Å²) in [5, 5.41) is 9.26. The molecule has 1 aliphatic rings. The van der Waals surface area contributed by atoms with E-state index < -0.39 is 0 Å². The Balaban J connectivity index is 1.79. The van der Waals surface area contributed by atoms with Crippen LogP contribution in [0.3, 0.4) is 0 Å². The maximum Gasteiger partial charge on any atom is 0.227 e. The van der Waals surface area contributed by atoms with Crippen LogP contribution in [0.5, 0.6) is 0 Å². The van der Waals surface area contributed by atoms with Crippen LogP contribution < -0.4 is 5.32 Å². The Morgan fingerprint density at radius 2 is 2.21 bits per heavy atom. The highest BCUT2D eigenvalue weighted by atomic mass is 16.2. The number of aromatic amines is 1. The van der Waals surface area contributed by atoms with E-state index in [1.165, 1.54) is 0 Å². The molecule has 0 atom stereocenters. The summed E-state index contributed by atoms with van der Waals surface area (Å²) in [6, 6.07) is 0. The van der Waals surface area contributed by atoms with E-state index in [9.17, 15) is 9.59 Å². The summed E-state index contributed by atoms with van der Waals surface area (Å²) in [5.74, 6) is 0.209. The molecule has 0 unspecified atom stereocenters. The van der Waals surface area contributed by atoms with Crippen LogP contribution in [0.1, 0.15) is 32.6 Å². The van der Waals surface area contributed by atoms with Crippen LogP contribution in [-0.2, 0) is 9.59 Å². The smallest absolute Gasteiger partial charge is 0.227 e. The van der Waals surface area contributed by atoms with Crippen LogP contribution >= 0.6 is 0 Å². The van der Waals surface area contributed by atoms with Gasteiger partial charge < -0.3 is 10.2 Å². The van der Waals surface area contributed by atoms with Gasteiger partial charge in [0, 0.05) is 31.6 Å². The monoisotopic (exact) mass is 264 g/mol. The molecule has 0 aliphatic carbocycles. The zero-order chi connectivity index (χ0) is 13.7. The SMILES string of the molecule is CCCC(=O)N1CCC(C(=O)Nc2cn[nH]c2)CC1. The quantitative estimate of drug-likeness (QED) is 0.862. The van der Waals surface area contributed by atoms with Crippen molar-refractivity contribution < 1.29 is 9.59 Å². The maximum absolute atomic E-state index is 12.0. The van der Waals surface area contributed by atoms with Gasteiger partial charge in [-0.2, -0.15) is 5.10 Å². The van der Waals surface area contributed by atoms with Crippen molar-refractivity contribution in [1.29, 1.82) is 0 Å². The van der Waals surface area contributed by atoms with Gasteiger partial charge in [0.25, 0.3) is 0 Å². The minimum absolute atomic E-state index is 0.0134. The molecule has 0 bridgehead atoms. The van der Waals surface area contributed by atoms with Crippen molar-refractivity contribution >= 4 is 17.5 Å². The molecule has 0 saturated carbocycles. The average molecular weight is 264 g/mol. The molecule has 19 heavy (non-hydrogen) atoms. The minimum Gasteiger partial charge on any atom is -0.343 e. The molecule has 0 spiro atoms. The Morgan fingerprint density at radius 1 is 1.47 bits per heavy atom. The molecule has 1 saturated heterocycles. The predicted octanol–water partition coefficient (Wildman–Crippen LogP) is 1.39. The average Bonchev–Trinajstić information content (AvgIpc) is 2.92. The van der Waals surface area contributed by atoms with Gasteiger partial charge in [-0.1, -0.05) is 6.92 Å². The van der Waals surface area contributed by atoms with Crippen molar-refractivity contribution in [2.45, 2.75) is 32.6 Å². The number of piperidine rings is 1. The molecule has 0 aromatic carbocycles. The molecule has 6 heteroatoms. The van der Waals surface area contributed by atoms with Gasteiger partial charge in [-0.15, -0.1) is 0 Å². The fourth-order valence-corrected chi connectivity index (χ4v) is 2.33. The molecule has 1 aromatic heterocycles. The zero-order valence-corrected chi connectivity index (χ0v) is 11.2. The summed E-state index contributed by atoms with van der Waals surface area (Å²) in [5.41, 5.74) is 0.689. The summed E-state index contributed by atoms with van der Waals surface area (Å²) in [6.45, 7) is 3.37. The number of likely N-dealkylation sites (tertiary alicyclic amines) is 1. The molecule has 104 valence electrons. The van der Waals surface area contributed by atoms with Crippen molar-refractivity contribution in [3.8, 4) is 0 Å². The number of nitrogens with zero attached hydrogens (tertiary/aromatic N) is 2. The van der Waals surface area contributed by atoms with Crippen molar-refractivity contribution in [1.82, 2.24) is 15.1 Å². The van der Waals surface area contributed by atoms with Crippen LogP contribution in [0.25, 0.3) is 0 Å². The van der Waals surface area contributed by atoms with Gasteiger partial charge in [-0.05, 0) is 19.3 Å². The van der Waals surface area contributed by atoms with E-state index in [2.05, 4.69) is 15.5 Å². The molecule has 1 aliphatic heterocycles. The van der Waals surface area contributed by atoms with Crippen molar-refractivity contribution in [2.75, 3.05) is 18.4 Å². The van der Waals surface area contributed by atoms with Crippen LogP contribution in [0.4, 0.5) is 5.69 Å². The Hall–Kier alpha value is -1.85. The number of rotatable bonds is 4. The second-order valence-electron chi connectivity index (χ2n) is 4.88. The molecule has 1 aromatic rings. The first-order valence-electron chi connectivity index (χ1n) is 6.78. The molecule has 2 amide bonds. The third-order valence-corrected chi connectivity index (χ3v) is 3.45. The molecule has 2 heterocycles. The fourth-order valence-electron chi connectivity index (χ4n) is 2.33. The highest BCUT2D eigenvalue weighted by Gasteiger charge is 2.26. The Bertz CT molecular complexity index is 422. The molecular formula is C13H20N4O2. The molecule has 1 fully saturated rings. The lowest BCUT2D eigenvalue weighted by molar-refractivity contribution is -0.134. The van der Waals surface area contributed by atoms with E-state index in [0.29, 0.717) is 25.2 Å². The summed E-state index contributed by atoms with van der Waals surface area (Å²) < 4.78 is 0. The van der Waals surface area contributed by atoms with E-state index in [4.69, 9.17) is 0 Å². The number of H-pyrrole nitrogens is 1. The Labute approximate surface area is 112 Å². The normalized spacial score (nSPS) is 16.4. The largest absolute Gasteiger partial charge is 0.343 e. The highest BCUT2D eigenvalue weighted by molar-refractivity contribution is 5.92. The lowest BCUT2D eigenvalue weighted by Crippen LogP contribution is -2.41. The van der Waals surface area contributed by atoms with Gasteiger partial charge in [0.05, 0.1) is 11.9 Å². The second-order valence-corrected chi connectivity index (χ2v) is 4.88. The van der Waals surface area contributed by atoms with E-state index >= 15 is 0 Å². The third kappa shape index (κ3) is 3.56. The Kier molecular flexibility index (Phi) is 4.54. The van der Waals surface area contributed by atoms with Crippen LogP contribution in [0.2, 0.25) is 0 Å². The number of aromatic nitrogens is 2. The van der Waals surface area contributed by atoms with E-state index in [1.54, 1.807) is 12.4 Å². The number of hydrogen-bond acceptors (Lipinski definition) is 3. The zero-order valence-electron chi connectivity index (χ0n) is 11.2. The standard InChI is InChI=1S/C13H20N4O2/c1-2-3-12(18)17-6-4-10(5-7-17)13(19)16-11-8-14-15-9-11/h8-10H,2-7H2,1H3,(H,14,15)(H,16,19). The van der Waals surface area contributed by atoms with Crippen LogP contribution in [0.15, 0.2) is 12.4 Å². The first-order chi connectivity index (χ1) is 9.20. The minimum atomic E-state index is -0.0134. The fraction of sp³-hybridized carbons (Fsp3) is 0.615. The van der Waals surface area contributed by atoms with E-state index in [0.717, 1.165) is 19.3 Å². The van der Waals surface area contributed by atoms with E-state index in [1.807, 2.05) is 11.8 Å². The van der Waals surface area contributed by atoms with Crippen molar-refractivity contribution in [2.24, 2.45) is 5.92 Å². The topological polar surface area (TPSA) is 78.1 Å². The lowest BCUT2D eigenvalue weighted by atomic mass is 9.95. The summed E-state index contributed by atoms with van der Waals surface area (Å²) >= 11 is 0. The van der Waals surface area contributed by atoms with Gasteiger partial charge in [0.15, 0.2) is 0 Å². The molecule has 0 radical (unpaired) electrons. The van der Waals surface area contributed by atoms with Gasteiger partial charge in [-0.3, -0.25) is 14.7 Å². The number of hydrogen-bond donors (Lipinski definition) is 2. The van der Waals surface area contributed by atoms with E-state index in [-0.39, 0.29) is 17.7 Å². The number of anilines is 1. The summed E-state index contributed by atoms with van der Waals surface area (Å²) in [4.78, 5) is 25.6. The van der Waals surface area contributed by atoms with Crippen molar-refractivity contribution in [3.05, 3.63) is 12.4 Å². The van der Waals surface area contributed by atoms with Crippen molar-refractivity contribution in [3.63, 3.8) is 0 Å². The maximum atomic E-state index is 12.0. The molecule has 2 N–H and O–H groups in total. The molecule has 6 nitrogen and oxygen atoms in total. The number of nitrogens with one attached hydrogen (secondary N) is 2.